The van der Waals surface area contributed by atoms with Crippen LogP contribution < -0.4 is 5.43 Å². The van der Waals surface area contributed by atoms with Gasteiger partial charge in [-0.1, -0.05) is 6.07 Å². The first-order valence-corrected chi connectivity index (χ1v) is 6.26. The molecule has 0 atom stereocenters. The van der Waals surface area contributed by atoms with Gasteiger partial charge in [-0.05, 0) is 37.6 Å². The third-order valence-corrected chi connectivity index (χ3v) is 3.31. The summed E-state index contributed by atoms with van der Waals surface area (Å²) in [5, 5.41) is 10.2. The van der Waals surface area contributed by atoms with Crippen molar-refractivity contribution < 1.29 is 9.52 Å². The van der Waals surface area contributed by atoms with Crippen molar-refractivity contribution in [3.05, 3.63) is 58.1 Å². The number of phenolic OH excluding ortho intramolecular Hbond substituents is 1. The number of aromatic hydroxyl groups is 1. The molecular weight excluding hydrogens is 254 g/mol. The summed E-state index contributed by atoms with van der Waals surface area (Å²) in [6.45, 7) is 3.47. The lowest BCUT2D eigenvalue weighted by Gasteiger charge is -2.07. The fraction of sp³-hybridized carbons (Fsp3) is 0.125. The molecule has 3 aromatic rings. The highest BCUT2D eigenvalue weighted by atomic mass is 16.3. The molecule has 4 nitrogen and oxygen atoms in total. The summed E-state index contributed by atoms with van der Waals surface area (Å²) >= 11 is 0. The molecule has 3 rings (SSSR count). The van der Waals surface area contributed by atoms with Crippen molar-refractivity contribution in [3.8, 4) is 17.0 Å². The van der Waals surface area contributed by atoms with E-state index < -0.39 is 0 Å². The quantitative estimate of drug-likeness (QED) is 0.735. The SMILES string of the molecule is Cc1cc2c(=O)c(-c3ccccn3)c(C)oc2cc1O. The smallest absolute Gasteiger partial charge is 0.202 e. The van der Waals surface area contributed by atoms with E-state index >= 15 is 0 Å². The number of hydrogen-bond donors (Lipinski definition) is 1. The standard InChI is InChI=1S/C16H13NO3/c1-9-7-11-14(8-13(9)18)20-10(2)15(16(11)19)12-5-3-4-6-17-12/h3-8,18H,1-2H3. The van der Waals surface area contributed by atoms with E-state index in [1.54, 1.807) is 38.2 Å². The maximum Gasteiger partial charge on any atom is 0.202 e. The van der Waals surface area contributed by atoms with E-state index in [9.17, 15) is 9.90 Å². The zero-order valence-electron chi connectivity index (χ0n) is 11.2. The molecule has 20 heavy (non-hydrogen) atoms. The molecule has 0 aliphatic rings. The minimum absolute atomic E-state index is 0.116. The number of phenols is 1. The number of fused-ring (bicyclic) bond motifs is 1. The molecule has 0 saturated heterocycles. The van der Waals surface area contributed by atoms with Crippen LogP contribution >= 0.6 is 0 Å². The Hall–Kier alpha value is -2.62. The molecule has 0 spiro atoms. The molecule has 1 N–H and O–H groups in total. The summed E-state index contributed by atoms with van der Waals surface area (Å²) in [7, 11) is 0. The first-order valence-electron chi connectivity index (χ1n) is 6.26. The van der Waals surface area contributed by atoms with Crippen molar-refractivity contribution in [3.63, 3.8) is 0 Å². The van der Waals surface area contributed by atoms with Crippen LogP contribution in [0, 0.1) is 13.8 Å². The van der Waals surface area contributed by atoms with E-state index in [1.807, 2.05) is 6.07 Å². The average molecular weight is 267 g/mol. The van der Waals surface area contributed by atoms with Crippen molar-refractivity contribution in [2.24, 2.45) is 0 Å². The highest BCUT2D eigenvalue weighted by Crippen LogP contribution is 2.27. The van der Waals surface area contributed by atoms with E-state index in [2.05, 4.69) is 4.98 Å². The van der Waals surface area contributed by atoms with Crippen LogP contribution in [0.4, 0.5) is 0 Å². The molecular formula is C16H13NO3. The molecule has 0 aliphatic heterocycles. The fourth-order valence-electron chi connectivity index (χ4n) is 2.26. The van der Waals surface area contributed by atoms with Gasteiger partial charge in [0.2, 0.25) is 5.43 Å². The first kappa shape index (κ1) is 12.4. The number of benzene rings is 1. The summed E-state index contributed by atoms with van der Waals surface area (Å²) < 4.78 is 5.66. The molecule has 0 fully saturated rings. The Morgan fingerprint density at radius 1 is 1.20 bits per heavy atom. The van der Waals surface area contributed by atoms with Crippen molar-refractivity contribution in [1.29, 1.82) is 0 Å². The minimum atomic E-state index is -0.134. The predicted molar refractivity (Wildman–Crippen MR) is 76.9 cm³/mol. The summed E-state index contributed by atoms with van der Waals surface area (Å²) in [6, 6.07) is 8.51. The summed E-state index contributed by atoms with van der Waals surface area (Å²) in [6.07, 6.45) is 1.64. The topological polar surface area (TPSA) is 63.3 Å². The molecule has 2 heterocycles. The van der Waals surface area contributed by atoms with Gasteiger partial charge >= 0.3 is 0 Å². The Kier molecular flexibility index (Phi) is 2.79. The zero-order valence-corrected chi connectivity index (χ0v) is 11.2. The molecule has 0 amide bonds. The predicted octanol–water partition coefficient (Wildman–Crippen LogP) is 3.18. The van der Waals surface area contributed by atoms with Crippen LogP contribution in [0.5, 0.6) is 5.75 Å². The Morgan fingerprint density at radius 2 is 2.00 bits per heavy atom. The maximum absolute atomic E-state index is 12.6. The van der Waals surface area contributed by atoms with Crippen LogP contribution in [0.15, 0.2) is 45.7 Å². The van der Waals surface area contributed by atoms with Crippen LogP contribution in [0.1, 0.15) is 11.3 Å². The number of pyridine rings is 1. The van der Waals surface area contributed by atoms with E-state index in [0.29, 0.717) is 33.6 Å². The molecule has 1 aromatic carbocycles. The number of hydrogen-bond acceptors (Lipinski definition) is 4. The number of rotatable bonds is 1. The maximum atomic E-state index is 12.6. The van der Waals surface area contributed by atoms with Crippen molar-refractivity contribution in [2.45, 2.75) is 13.8 Å². The van der Waals surface area contributed by atoms with E-state index in [0.717, 1.165) is 0 Å². The monoisotopic (exact) mass is 267 g/mol. The average Bonchev–Trinajstić information content (AvgIpc) is 2.43. The van der Waals surface area contributed by atoms with E-state index in [-0.39, 0.29) is 11.2 Å². The normalized spacial score (nSPS) is 10.9. The molecule has 4 heteroatoms. The van der Waals surface area contributed by atoms with Crippen molar-refractivity contribution in [1.82, 2.24) is 4.98 Å². The van der Waals surface area contributed by atoms with E-state index in [1.165, 1.54) is 6.07 Å². The van der Waals surface area contributed by atoms with Crippen LogP contribution in [0.25, 0.3) is 22.2 Å². The molecule has 0 bridgehead atoms. The molecule has 0 saturated carbocycles. The molecule has 2 aromatic heterocycles. The molecule has 0 radical (unpaired) electrons. The largest absolute Gasteiger partial charge is 0.508 e. The second-order valence-corrected chi connectivity index (χ2v) is 4.71. The number of aryl methyl sites for hydroxylation is 2. The van der Waals surface area contributed by atoms with Gasteiger partial charge in [-0.3, -0.25) is 9.78 Å². The van der Waals surface area contributed by atoms with Gasteiger partial charge in [-0.15, -0.1) is 0 Å². The van der Waals surface area contributed by atoms with Crippen LogP contribution in [0.3, 0.4) is 0 Å². The van der Waals surface area contributed by atoms with Gasteiger partial charge in [0, 0.05) is 12.3 Å². The number of nitrogens with zero attached hydrogens (tertiary/aromatic N) is 1. The van der Waals surface area contributed by atoms with Gasteiger partial charge in [0.15, 0.2) is 0 Å². The van der Waals surface area contributed by atoms with Gasteiger partial charge in [0.25, 0.3) is 0 Å². The Labute approximate surface area is 115 Å². The van der Waals surface area contributed by atoms with Gasteiger partial charge in [0.05, 0.1) is 16.6 Å². The Bertz CT molecular complexity index is 851. The van der Waals surface area contributed by atoms with Crippen molar-refractivity contribution >= 4 is 11.0 Å². The fourth-order valence-corrected chi connectivity index (χ4v) is 2.26. The van der Waals surface area contributed by atoms with Gasteiger partial charge < -0.3 is 9.52 Å². The van der Waals surface area contributed by atoms with Crippen LogP contribution in [0.2, 0.25) is 0 Å². The molecule has 0 aliphatic carbocycles. The number of aromatic nitrogens is 1. The second kappa shape index (κ2) is 4.49. The second-order valence-electron chi connectivity index (χ2n) is 4.71. The highest BCUT2D eigenvalue weighted by Gasteiger charge is 2.15. The lowest BCUT2D eigenvalue weighted by molar-refractivity contribution is 0.469. The third kappa shape index (κ3) is 1.86. The van der Waals surface area contributed by atoms with Crippen LogP contribution in [-0.2, 0) is 0 Å². The zero-order chi connectivity index (χ0) is 14.3. The summed E-state index contributed by atoms with van der Waals surface area (Å²) in [4.78, 5) is 16.8. The van der Waals surface area contributed by atoms with Gasteiger partial charge in [0.1, 0.15) is 17.1 Å². The van der Waals surface area contributed by atoms with E-state index in [4.69, 9.17) is 4.42 Å². The first-order chi connectivity index (χ1) is 9.58. The Balaban J connectivity index is 2.41. The van der Waals surface area contributed by atoms with Gasteiger partial charge in [-0.2, -0.15) is 0 Å². The molecule has 0 unspecified atom stereocenters. The highest BCUT2D eigenvalue weighted by molar-refractivity contribution is 5.84. The van der Waals surface area contributed by atoms with Crippen LogP contribution in [-0.4, -0.2) is 10.1 Å². The van der Waals surface area contributed by atoms with Gasteiger partial charge in [-0.25, -0.2) is 0 Å². The Morgan fingerprint density at radius 3 is 2.70 bits per heavy atom. The minimum Gasteiger partial charge on any atom is -0.508 e. The summed E-state index contributed by atoms with van der Waals surface area (Å²) in [5.74, 6) is 0.607. The third-order valence-electron chi connectivity index (χ3n) is 3.31. The lowest BCUT2D eigenvalue weighted by atomic mass is 10.1. The summed E-state index contributed by atoms with van der Waals surface area (Å²) in [5.41, 5.74) is 1.94. The van der Waals surface area contributed by atoms with Crippen molar-refractivity contribution in [2.75, 3.05) is 0 Å². The lowest BCUT2D eigenvalue weighted by Crippen LogP contribution is -2.08. The molecule has 100 valence electrons.